The molecule has 5 aromatic rings. The van der Waals surface area contributed by atoms with Crippen molar-refractivity contribution >= 4 is 87.1 Å². The van der Waals surface area contributed by atoms with E-state index in [-0.39, 0.29) is 41.9 Å². The molecule has 2 fully saturated rings. The normalized spacial score (nSPS) is 15.9. The molecule has 0 spiro atoms. The van der Waals surface area contributed by atoms with Gasteiger partial charge in [0.15, 0.2) is 0 Å². The molecule has 3 aromatic carbocycles. The highest BCUT2D eigenvalue weighted by molar-refractivity contribution is 8.00. The van der Waals surface area contributed by atoms with E-state index in [2.05, 4.69) is 57.5 Å². The third kappa shape index (κ3) is 17.7. The quantitative estimate of drug-likeness (QED) is 0.0140. The van der Waals surface area contributed by atoms with Gasteiger partial charge < -0.3 is 66.6 Å². The molecule has 20 nitrogen and oxygen atoms in total. The molecule has 74 heavy (non-hydrogen) atoms. The maximum atomic E-state index is 13.1. The maximum absolute atomic E-state index is 13.1. The molecule has 3 atom stereocenters. The number of H-pyrrole nitrogens is 1. The van der Waals surface area contributed by atoms with E-state index in [1.165, 1.54) is 6.08 Å². The van der Waals surface area contributed by atoms with Crippen LogP contribution >= 0.6 is 23.4 Å². The van der Waals surface area contributed by atoms with Crippen LogP contribution in [0.2, 0.25) is 5.02 Å². The van der Waals surface area contributed by atoms with Crippen LogP contribution in [-0.2, 0) is 23.8 Å². The number of amides is 7. The lowest BCUT2D eigenvalue weighted by atomic mass is 10.0. The number of fused-ring (bicyclic) bond motifs is 2. The number of likely N-dealkylation sites (N-methyl/N-ethyl adjacent to an activating group) is 1. The highest BCUT2D eigenvalue weighted by atomic mass is 35.5. The number of para-hydroxylation sites is 1. The summed E-state index contributed by atoms with van der Waals surface area (Å²) in [5.41, 5.74) is 4.59. The molecule has 0 saturated carbocycles. The van der Waals surface area contributed by atoms with Gasteiger partial charge in [0.05, 0.1) is 68.6 Å². The fourth-order valence-corrected chi connectivity index (χ4v) is 9.96. The van der Waals surface area contributed by atoms with Gasteiger partial charge in [-0.2, -0.15) is 11.8 Å². The average molecular weight is 1050 g/mol. The smallest absolute Gasteiger partial charge is 0.315 e. The Morgan fingerprint density at radius 1 is 0.824 bits per heavy atom. The Balaban J connectivity index is 0.654. The zero-order valence-electron chi connectivity index (χ0n) is 41.4. The van der Waals surface area contributed by atoms with Gasteiger partial charge in [0.25, 0.3) is 5.91 Å². The maximum Gasteiger partial charge on any atom is 0.315 e. The van der Waals surface area contributed by atoms with Crippen LogP contribution in [0.15, 0.2) is 97.3 Å². The van der Waals surface area contributed by atoms with Crippen LogP contribution in [0.4, 0.5) is 32.6 Å². The lowest BCUT2D eigenvalue weighted by Gasteiger charge is -2.16. The summed E-state index contributed by atoms with van der Waals surface area (Å²) >= 11 is 8.40. The third-order valence-electron chi connectivity index (χ3n) is 12.0. The van der Waals surface area contributed by atoms with E-state index in [1.54, 1.807) is 54.7 Å². The summed E-state index contributed by atoms with van der Waals surface area (Å²) < 4.78 is 16.6. The van der Waals surface area contributed by atoms with Gasteiger partial charge in [0.1, 0.15) is 0 Å². The number of halogens is 1. The van der Waals surface area contributed by atoms with E-state index in [4.69, 9.17) is 25.8 Å². The fraction of sp³-hybridized carbons (Fsp3) is 0.404. The molecular formula is C52H65ClN12O8S. The SMILES string of the molecule is CN(CC=CC(=O)Nc1ccc(C(=O)Nc2cccc(Nc3ncc(Cl)c(-c4c[nH]c5ccccc45)n3)c2)cc1)CCCNC(=O)NCCOCCOCCOCCNC(=O)CCCC[C@@H]1SC[C@@H]2NC(=O)N[C@@H]21. The molecule has 22 heteroatoms. The molecule has 7 rings (SSSR count). The van der Waals surface area contributed by atoms with Crippen molar-refractivity contribution in [1.82, 2.24) is 46.4 Å². The number of aromatic nitrogens is 3. The Morgan fingerprint density at radius 2 is 1.57 bits per heavy atom. The molecule has 7 amide bonds. The van der Waals surface area contributed by atoms with Gasteiger partial charge in [-0.05, 0) is 81.4 Å². The second-order valence-electron chi connectivity index (χ2n) is 17.6. The second kappa shape index (κ2) is 29.2. The van der Waals surface area contributed by atoms with E-state index >= 15 is 0 Å². The zero-order chi connectivity index (χ0) is 51.9. The Labute approximate surface area is 439 Å². The largest absolute Gasteiger partial charge is 0.377 e. The Hall–Kier alpha value is -6.75. The summed E-state index contributed by atoms with van der Waals surface area (Å²) in [7, 11) is 1.93. The first-order chi connectivity index (χ1) is 36.1. The van der Waals surface area contributed by atoms with E-state index in [9.17, 15) is 24.0 Å². The lowest BCUT2D eigenvalue weighted by Crippen LogP contribution is -2.38. The molecular weight excluding hydrogens is 988 g/mol. The molecule has 0 aliphatic carbocycles. The number of ether oxygens (including phenoxy) is 3. The van der Waals surface area contributed by atoms with Crippen molar-refractivity contribution in [2.45, 2.75) is 49.4 Å². The molecule has 0 radical (unpaired) electrons. The second-order valence-corrected chi connectivity index (χ2v) is 19.3. The highest BCUT2D eigenvalue weighted by Crippen LogP contribution is 2.34. The van der Waals surface area contributed by atoms with E-state index < -0.39 is 0 Å². The topological polar surface area (TPSA) is 254 Å². The van der Waals surface area contributed by atoms with Gasteiger partial charge in [-0.25, -0.2) is 19.6 Å². The first kappa shape index (κ1) is 55.0. The van der Waals surface area contributed by atoms with E-state index in [0.29, 0.717) is 130 Å². The monoisotopic (exact) mass is 1050 g/mol. The molecule has 0 bridgehead atoms. The summed E-state index contributed by atoms with van der Waals surface area (Å²) in [5.74, 6) is 0.683. The Bertz CT molecular complexity index is 2680. The molecule has 394 valence electrons. The van der Waals surface area contributed by atoms with Crippen LogP contribution in [0.3, 0.4) is 0 Å². The van der Waals surface area contributed by atoms with Crippen LogP contribution in [-0.4, -0.2) is 152 Å². The van der Waals surface area contributed by atoms with Crippen molar-refractivity contribution in [3.05, 3.63) is 108 Å². The Kier molecular flexibility index (Phi) is 21.7. The Morgan fingerprint density at radius 3 is 2.38 bits per heavy atom. The van der Waals surface area contributed by atoms with Crippen LogP contribution in [0.1, 0.15) is 42.5 Å². The molecule has 9 N–H and O–H groups in total. The minimum absolute atomic E-state index is 0.0174. The van der Waals surface area contributed by atoms with Crippen LogP contribution in [0.25, 0.3) is 22.2 Å². The van der Waals surface area contributed by atoms with E-state index in [0.717, 1.165) is 41.5 Å². The molecule has 2 aromatic heterocycles. The fourth-order valence-electron chi connectivity index (χ4n) is 8.23. The van der Waals surface area contributed by atoms with Crippen molar-refractivity contribution in [2.24, 2.45) is 0 Å². The number of benzene rings is 3. The van der Waals surface area contributed by atoms with Gasteiger partial charge in [-0.1, -0.05) is 48.4 Å². The van der Waals surface area contributed by atoms with Gasteiger partial charge in [-0.3, -0.25) is 14.4 Å². The third-order valence-corrected chi connectivity index (χ3v) is 13.8. The van der Waals surface area contributed by atoms with Crippen LogP contribution in [0, 0.1) is 0 Å². The number of carbonyl (C=O) groups excluding carboxylic acids is 5. The average Bonchev–Trinajstić information content (AvgIpc) is 4.11. The molecule has 4 heterocycles. The number of aromatic amines is 1. The number of anilines is 4. The summed E-state index contributed by atoms with van der Waals surface area (Å²) in [6.07, 6.45) is 10.6. The first-order valence-electron chi connectivity index (χ1n) is 24.8. The summed E-state index contributed by atoms with van der Waals surface area (Å²) in [6.45, 7) is 4.90. The summed E-state index contributed by atoms with van der Waals surface area (Å²) in [6, 6.07) is 21.8. The number of rotatable bonds is 30. The van der Waals surface area contributed by atoms with Crippen molar-refractivity contribution in [3.8, 4) is 11.3 Å². The standard InChI is InChI=1S/C52H65ClN12O8S/c1-65(24-8-20-55-51(69)56-22-26-72-28-30-73-29-27-71-25-21-54-45(66)14-5-4-13-44-48-43(34-74-44)62-52(70)64-48)23-7-15-46(67)59-36-18-16-35(17-19-36)49(68)60-37-9-6-10-38(31-37)61-50-58-33-41(53)47(63-50)40-32-57-42-12-3-2-11-39(40)42/h2-3,6-7,9-12,15-19,31-33,43-44,48,57H,4-5,8,13-14,20-30,34H2,1H3,(H,54,66)(H,59,67)(H,60,68)(H2,55,56,69)(H,58,61,63)(H2,62,64,70)/t43-,44-,48-/m0/s1. The van der Waals surface area contributed by atoms with Gasteiger partial charge in [0.2, 0.25) is 17.8 Å². The van der Waals surface area contributed by atoms with Gasteiger partial charge >= 0.3 is 12.1 Å². The zero-order valence-corrected chi connectivity index (χ0v) is 43.0. The highest BCUT2D eigenvalue weighted by Gasteiger charge is 2.42. The molecule has 2 aliphatic rings. The molecule has 0 unspecified atom stereocenters. The number of hydrogen-bond donors (Lipinski definition) is 9. The number of unbranched alkanes of at least 4 members (excludes halogenated alkanes) is 1. The number of hydrogen-bond acceptors (Lipinski definition) is 13. The van der Waals surface area contributed by atoms with Crippen molar-refractivity contribution < 1.29 is 38.2 Å². The van der Waals surface area contributed by atoms with Crippen molar-refractivity contribution in [3.63, 3.8) is 0 Å². The number of urea groups is 2. The number of carbonyl (C=O) groups is 5. The van der Waals surface area contributed by atoms with Gasteiger partial charge in [0, 0.05) is 95.0 Å². The number of nitrogens with one attached hydrogen (secondary N) is 9. The van der Waals surface area contributed by atoms with Crippen molar-refractivity contribution in [1.29, 1.82) is 0 Å². The summed E-state index contributed by atoms with van der Waals surface area (Å²) in [5, 5.41) is 25.2. The molecule has 2 saturated heterocycles. The first-order valence-corrected chi connectivity index (χ1v) is 26.2. The lowest BCUT2D eigenvalue weighted by molar-refractivity contribution is -0.121. The molecule has 2 aliphatic heterocycles. The minimum atomic E-state index is -0.320. The predicted molar refractivity (Wildman–Crippen MR) is 289 cm³/mol. The van der Waals surface area contributed by atoms with Crippen molar-refractivity contribution in [2.75, 3.05) is 101 Å². The number of thioether (sulfide) groups is 1. The number of nitrogens with zero attached hydrogens (tertiary/aromatic N) is 3. The van der Waals surface area contributed by atoms with Crippen LogP contribution < -0.4 is 42.5 Å². The minimum Gasteiger partial charge on any atom is -0.377 e. The summed E-state index contributed by atoms with van der Waals surface area (Å²) in [4.78, 5) is 75.8. The van der Waals surface area contributed by atoms with E-state index in [1.807, 2.05) is 60.2 Å². The predicted octanol–water partition coefficient (Wildman–Crippen LogP) is 6.28. The van der Waals surface area contributed by atoms with Crippen LogP contribution in [0.5, 0.6) is 0 Å². The van der Waals surface area contributed by atoms with Gasteiger partial charge in [-0.15, -0.1) is 0 Å².